The van der Waals surface area contributed by atoms with Gasteiger partial charge in [-0.15, -0.1) is 0 Å². The van der Waals surface area contributed by atoms with Gasteiger partial charge in [0.25, 0.3) is 5.91 Å². The maximum atomic E-state index is 14.3. The van der Waals surface area contributed by atoms with Crippen molar-refractivity contribution in [1.82, 2.24) is 15.2 Å². The molecule has 0 radical (unpaired) electrons. The molecule has 3 aromatic carbocycles. The van der Waals surface area contributed by atoms with E-state index in [1.165, 1.54) is 12.1 Å². The van der Waals surface area contributed by atoms with Gasteiger partial charge in [0.1, 0.15) is 11.4 Å². The van der Waals surface area contributed by atoms with E-state index in [0.29, 0.717) is 28.1 Å². The summed E-state index contributed by atoms with van der Waals surface area (Å²) in [6.07, 6.45) is -3.04. The van der Waals surface area contributed by atoms with Crippen molar-refractivity contribution in [2.24, 2.45) is 0 Å². The number of alkyl carbamates (subject to hydrolysis) is 1. The lowest BCUT2D eigenvalue weighted by molar-refractivity contribution is -0.123. The van der Waals surface area contributed by atoms with Crippen LogP contribution >= 0.6 is 0 Å². The number of aromatic nitrogens is 1. The highest BCUT2D eigenvalue weighted by molar-refractivity contribution is 6.12. The van der Waals surface area contributed by atoms with Crippen molar-refractivity contribution in [3.8, 4) is 22.4 Å². The number of carbonyl (C=O) groups excluding carboxylic acids is 3. The molecule has 3 amide bonds. The molecule has 55 heavy (non-hydrogen) atoms. The van der Waals surface area contributed by atoms with Gasteiger partial charge >= 0.3 is 6.09 Å². The van der Waals surface area contributed by atoms with Crippen LogP contribution in [0.15, 0.2) is 84.9 Å². The number of nitrogens with one attached hydrogen (secondary N) is 3. The number of ether oxygens (including phenoxy) is 1. The van der Waals surface area contributed by atoms with Gasteiger partial charge in [0, 0.05) is 36.6 Å². The zero-order valence-corrected chi connectivity index (χ0v) is 32.3. The standard InChI is InChI=1S/C43H55FN4O7/c1-28(2)39-38(41(53)47-32-14-10-7-11-15-32)37(29-12-8-6-9-13-29)40(30-16-18-31(44)19-17-30)48(39)25-22-34(50)26-35(51)27-36(52)45-23-20-33(49)21-24-46-42(54)55-43(3,4)5/h6-19,28,33-35,49-51H,20-27H2,1-5H3,(H,45,52)(H,46,54)(H,47,53)/t33?,34-,35-/m1/s1. The van der Waals surface area contributed by atoms with Crippen LogP contribution in [-0.2, 0) is 16.1 Å². The van der Waals surface area contributed by atoms with Gasteiger partial charge in [0.2, 0.25) is 5.91 Å². The Morgan fingerprint density at radius 3 is 1.96 bits per heavy atom. The molecule has 0 aliphatic carbocycles. The summed E-state index contributed by atoms with van der Waals surface area (Å²) in [4.78, 5) is 38.6. The Hall–Kier alpha value is -5.04. The summed E-state index contributed by atoms with van der Waals surface area (Å²) in [6.45, 7) is 9.90. The van der Waals surface area contributed by atoms with E-state index in [1.807, 2.05) is 79.1 Å². The Morgan fingerprint density at radius 1 is 0.764 bits per heavy atom. The predicted molar refractivity (Wildman–Crippen MR) is 212 cm³/mol. The number of carbonyl (C=O) groups is 3. The number of nitrogens with zero attached hydrogens (tertiary/aromatic N) is 1. The molecule has 3 atom stereocenters. The molecule has 1 unspecified atom stereocenters. The average molecular weight is 759 g/mol. The van der Waals surface area contributed by atoms with Crippen LogP contribution in [0.5, 0.6) is 0 Å². The Labute approximate surface area is 322 Å². The number of aliphatic hydroxyl groups is 3. The molecule has 0 saturated heterocycles. The maximum Gasteiger partial charge on any atom is 0.407 e. The van der Waals surface area contributed by atoms with Crippen molar-refractivity contribution in [1.29, 1.82) is 0 Å². The summed E-state index contributed by atoms with van der Waals surface area (Å²) < 4.78 is 21.4. The molecule has 0 spiro atoms. The number of amides is 3. The summed E-state index contributed by atoms with van der Waals surface area (Å²) in [6, 6.07) is 24.8. The van der Waals surface area contributed by atoms with Crippen molar-refractivity contribution in [2.45, 2.75) is 103 Å². The van der Waals surface area contributed by atoms with E-state index >= 15 is 0 Å². The van der Waals surface area contributed by atoms with E-state index < -0.39 is 41.7 Å². The second kappa shape index (κ2) is 20.0. The molecular weight excluding hydrogens is 703 g/mol. The fraction of sp³-hybridized carbons (Fsp3) is 0.419. The first kappa shape index (κ1) is 42.7. The van der Waals surface area contributed by atoms with E-state index in [2.05, 4.69) is 16.0 Å². The third-order valence-electron chi connectivity index (χ3n) is 8.89. The van der Waals surface area contributed by atoms with Crippen molar-refractivity contribution in [2.75, 3.05) is 18.4 Å². The number of para-hydroxylation sites is 1. The second-order valence-corrected chi connectivity index (χ2v) is 15.0. The number of rotatable bonds is 18. The highest BCUT2D eigenvalue weighted by Gasteiger charge is 2.31. The van der Waals surface area contributed by atoms with Gasteiger partial charge in [-0.1, -0.05) is 62.4 Å². The summed E-state index contributed by atoms with van der Waals surface area (Å²) in [7, 11) is 0. The number of hydrogen-bond donors (Lipinski definition) is 6. The smallest absolute Gasteiger partial charge is 0.407 e. The van der Waals surface area contributed by atoms with E-state index in [-0.39, 0.29) is 63.6 Å². The van der Waals surface area contributed by atoms with Crippen molar-refractivity contribution >= 4 is 23.6 Å². The van der Waals surface area contributed by atoms with Crippen LogP contribution in [-0.4, -0.2) is 74.8 Å². The van der Waals surface area contributed by atoms with Crippen LogP contribution in [0.25, 0.3) is 22.4 Å². The molecule has 6 N–H and O–H groups in total. The van der Waals surface area contributed by atoms with Crippen molar-refractivity contribution in [3.05, 3.63) is 102 Å². The first-order valence-corrected chi connectivity index (χ1v) is 18.8. The highest BCUT2D eigenvalue weighted by Crippen LogP contribution is 2.42. The molecule has 11 nitrogen and oxygen atoms in total. The first-order valence-electron chi connectivity index (χ1n) is 18.8. The molecule has 1 heterocycles. The monoisotopic (exact) mass is 758 g/mol. The first-order chi connectivity index (χ1) is 26.1. The van der Waals surface area contributed by atoms with Gasteiger partial charge in [0.05, 0.1) is 36.0 Å². The van der Waals surface area contributed by atoms with E-state index in [4.69, 9.17) is 4.74 Å². The quantitative estimate of drug-likeness (QED) is 0.0636. The fourth-order valence-electron chi connectivity index (χ4n) is 6.47. The topological polar surface area (TPSA) is 162 Å². The van der Waals surface area contributed by atoms with Gasteiger partial charge < -0.3 is 40.6 Å². The van der Waals surface area contributed by atoms with Crippen LogP contribution in [0.4, 0.5) is 14.9 Å². The third-order valence-corrected chi connectivity index (χ3v) is 8.89. The Morgan fingerprint density at radius 2 is 1.36 bits per heavy atom. The van der Waals surface area contributed by atoms with Gasteiger partial charge in [0.15, 0.2) is 0 Å². The molecule has 0 bridgehead atoms. The van der Waals surface area contributed by atoms with Crippen LogP contribution in [0.2, 0.25) is 0 Å². The Kier molecular flexibility index (Phi) is 15.6. The van der Waals surface area contributed by atoms with E-state index in [9.17, 15) is 34.1 Å². The van der Waals surface area contributed by atoms with E-state index in [1.54, 1.807) is 32.9 Å². The minimum absolute atomic E-state index is 0.0660. The lowest BCUT2D eigenvalue weighted by Crippen LogP contribution is -2.35. The summed E-state index contributed by atoms with van der Waals surface area (Å²) in [5.41, 5.74) is 4.09. The normalized spacial score (nSPS) is 13.2. The van der Waals surface area contributed by atoms with Crippen LogP contribution < -0.4 is 16.0 Å². The predicted octanol–water partition coefficient (Wildman–Crippen LogP) is 7.01. The molecule has 0 saturated carbocycles. The minimum atomic E-state index is -1.13. The minimum Gasteiger partial charge on any atom is -0.444 e. The highest BCUT2D eigenvalue weighted by atomic mass is 19.1. The molecule has 4 rings (SSSR count). The molecule has 4 aromatic rings. The van der Waals surface area contributed by atoms with Crippen LogP contribution in [0.1, 0.15) is 88.7 Å². The van der Waals surface area contributed by atoms with Crippen molar-refractivity contribution < 1.29 is 38.8 Å². The Balaban J connectivity index is 1.46. The molecule has 296 valence electrons. The molecule has 0 fully saturated rings. The zero-order chi connectivity index (χ0) is 40.1. The van der Waals surface area contributed by atoms with Crippen LogP contribution in [0.3, 0.4) is 0 Å². The lowest BCUT2D eigenvalue weighted by Gasteiger charge is -2.20. The third kappa shape index (κ3) is 13.0. The van der Waals surface area contributed by atoms with Crippen molar-refractivity contribution in [3.63, 3.8) is 0 Å². The van der Waals surface area contributed by atoms with Crippen LogP contribution in [0, 0.1) is 5.82 Å². The van der Waals surface area contributed by atoms with Gasteiger partial charge in [-0.3, -0.25) is 9.59 Å². The maximum absolute atomic E-state index is 14.3. The van der Waals surface area contributed by atoms with Gasteiger partial charge in [-0.2, -0.15) is 0 Å². The lowest BCUT2D eigenvalue weighted by atomic mass is 9.94. The summed E-state index contributed by atoms with van der Waals surface area (Å²) >= 11 is 0. The number of halogens is 1. The molecule has 0 aliphatic heterocycles. The fourth-order valence-corrected chi connectivity index (χ4v) is 6.47. The average Bonchev–Trinajstić information content (AvgIpc) is 3.46. The SMILES string of the molecule is CC(C)c1c(C(=O)Nc2ccccc2)c(-c2ccccc2)c(-c2ccc(F)cc2)n1CC[C@@H](O)C[C@@H](O)CC(=O)NCCC(O)CCNC(=O)OC(C)(C)C. The molecule has 12 heteroatoms. The number of benzene rings is 3. The number of hydrogen-bond acceptors (Lipinski definition) is 7. The summed E-state index contributed by atoms with van der Waals surface area (Å²) in [5, 5.41) is 40.4. The largest absolute Gasteiger partial charge is 0.444 e. The van der Waals surface area contributed by atoms with E-state index in [0.717, 1.165) is 11.3 Å². The summed E-state index contributed by atoms with van der Waals surface area (Å²) in [5.74, 6) is -1.26. The number of aliphatic hydroxyl groups excluding tert-OH is 3. The zero-order valence-electron chi connectivity index (χ0n) is 32.3. The molecule has 0 aliphatic rings. The molecule has 1 aromatic heterocycles. The second-order valence-electron chi connectivity index (χ2n) is 15.0. The van der Waals surface area contributed by atoms with Gasteiger partial charge in [-0.05, 0) is 99.9 Å². The molecular formula is C43H55FN4O7. The Bertz CT molecular complexity index is 1840. The van der Waals surface area contributed by atoms with Gasteiger partial charge in [-0.25, -0.2) is 9.18 Å². The number of anilines is 1.